The first-order valence-electron chi connectivity index (χ1n) is 7.45. The van der Waals surface area contributed by atoms with Crippen molar-refractivity contribution in [2.75, 3.05) is 13.7 Å². The van der Waals surface area contributed by atoms with Gasteiger partial charge in [-0.1, -0.05) is 24.3 Å². The van der Waals surface area contributed by atoms with Crippen LogP contribution in [0.4, 0.5) is 0 Å². The van der Waals surface area contributed by atoms with Crippen LogP contribution in [0.2, 0.25) is 0 Å². The van der Waals surface area contributed by atoms with E-state index in [0.29, 0.717) is 11.4 Å². The van der Waals surface area contributed by atoms with Crippen LogP contribution in [-0.4, -0.2) is 30.5 Å². The van der Waals surface area contributed by atoms with Crippen molar-refractivity contribution in [1.29, 1.82) is 5.41 Å². The van der Waals surface area contributed by atoms with Gasteiger partial charge in [0, 0.05) is 23.4 Å². The summed E-state index contributed by atoms with van der Waals surface area (Å²) < 4.78 is 10.3. The summed E-state index contributed by atoms with van der Waals surface area (Å²) in [5, 5.41) is 7.40. The number of rotatable bonds is 6. The number of nitrogens with two attached hydrogens (primary N) is 1. The molecule has 0 bridgehead atoms. The first kappa shape index (κ1) is 17.5. The van der Waals surface area contributed by atoms with Gasteiger partial charge >= 0.3 is 5.97 Å². The summed E-state index contributed by atoms with van der Waals surface area (Å²) in [4.78, 5) is 15.9. The van der Waals surface area contributed by atoms with Gasteiger partial charge in [0.05, 0.1) is 12.5 Å². The third-order valence-electron chi connectivity index (χ3n) is 3.58. The largest absolute Gasteiger partial charge is 0.476 e. The summed E-state index contributed by atoms with van der Waals surface area (Å²) >= 11 is 0. The molecule has 0 aliphatic carbocycles. The molecule has 1 aromatic carbocycles. The fourth-order valence-corrected chi connectivity index (χ4v) is 2.07. The number of amidine groups is 1. The monoisotopic (exact) mass is 327 g/mol. The molecule has 0 spiro atoms. The number of aromatic nitrogens is 1. The predicted molar refractivity (Wildman–Crippen MR) is 92.0 cm³/mol. The first-order valence-corrected chi connectivity index (χ1v) is 7.45. The molecule has 0 atom stereocenters. The van der Waals surface area contributed by atoms with Gasteiger partial charge < -0.3 is 15.2 Å². The van der Waals surface area contributed by atoms with Crippen LogP contribution in [0.3, 0.4) is 0 Å². The van der Waals surface area contributed by atoms with E-state index in [1.807, 2.05) is 18.2 Å². The van der Waals surface area contributed by atoms with Gasteiger partial charge in [-0.15, -0.1) is 0 Å². The Labute approximate surface area is 141 Å². The van der Waals surface area contributed by atoms with E-state index in [9.17, 15) is 4.79 Å². The van der Waals surface area contributed by atoms with E-state index in [2.05, 4.69) is 4.98 Å². The predicted octanol–water partition coefficient (Wildman–Crippen LogP) is 2.61. The summed E-state index contributed by atoms with van der Waals surface area (Å²) in [6.45, 7) is 3.69. The highest BCUT2D eigenvalue weighted by molar-refractivity contribution is 5.95. The zero-order valence-electron chi connectivity index (χ0n) is 14.0. The second-order valence-corrected chi connectivity index (χ2v) is 6.04. The third-order valence-corrected chi connectivity index (χ3v) is 3.58. The fourth-order valence-electron chi connectivity index (χ4n) is 2.07. The zero-order valence-corrected chi connectivity index (χ0v) is 14.0. The van der Waals surface area contributed by atoms with Gasteiger partial charge in [-0.3, -0.25) is 10.2 Å². The van der Waals surface area contributed by atoms with E-state index in [-0.39, 0.29) is 18.4 Å². The van der Waals surface area contributed by atoms with Crippen molar-refractivity contribution in [2.24, 2.45) is 11.1 Å². The molecule has 1 heterocycles. The number of hydrogen-bond donors (Lipinski definition) is 2. The summed E-state index contributed by atoms with van der Waals surface area (Å²) in [6, 6.07) is 11.0. The molecule has 0 radical (unpaired) electrons. The Balaban J connectivity index is 2.05. The molecule has 0 saturated heterocycles. The highest BCUT2D eigenvalue weighted by Gasteiger charge is 2.29. The third kappa shape index (κ3) is 4.10. The van der Waals surface area contributed by atoms with Crippen molar-refractivity contribution in [3.63, 3.8) is 0 Å². The Hall–Kier alpha value is -2.89. The number of nitrogen functional groups attached to an aromatic ring is 1. The quantitative estimate of drug-likeness (QED) is 0.483. The molecule has 0 aliphatic heterocycles. The molecular weight excluding hydrogens is 306 g/mol. The number of nitrogens with one attached hydrogen (secondary N) is 1. The molecule has 0 aliphatic rings. The van der Waals surface area contributed by atoms with Crippen molar-refractivity contribution in [3.05, 3.63) is 48.2 Å². The van der Waals surface area contributed by atoms with Crippen molar-refractivity contribution in [1.82, 2.24) is 4.98 Å². The number of pyridine rings is 1. The smallest absolute Gasteiger partial charge is 0.314 e. The number of carbonyl (C=O) groups excluding carboxylic acids is 1. The minimum atomic E-state index is -0.738. The number of hydrogen-bond acceptors (Lipinski definition) is 5. The Kier molecular flexibility index (Phi) is 5.18. The average Bonchev–Trinajstić information content (AvgIpc) is 2.59. The fraction of sp³-hybridized carbons (Fsp3) is 0.278. The van der Waals surface area contributed by atoms with Gasteiger partial charge in [-0.2, -0.15) is 0 Å². The number of nitrogens with zero attached hydrogens (tertiary/aromatic N) is 1. The van der Waals surface area contributed by atoms with Gasteiger partial charge in [0.2, 0.25) is 5.88 Å². The average molecular weight is 327 g/mol. The van der Waals surface area contributed by atoms with E-state index in [4.69, 9.17) is 20.6 Å². The first-order chi connectivity index (χ1) is 11.3. The molecule has 0 unspecified atom stereocenters. The topological polar surface area (TPSA) is 98.3 Å². The molecule has 6 heteroatoms. The summed E-state index contributed by atoms with van der Waals surface area (Å²) in [5.41, 5.74) is 7.27. The lowest BCUT2D eigenvalue weighted by atomic mass is 9.95. The summed E-state index contributed by atoms with van der Waals surface area (Å²) in [7, 11) is 1.36. The Morgan fingerprint density at radius 1 is 1.17 bits per heavy atom. The molecule has 0 saturated carbocycles. The number of esters is 1. The van der Waals surface area contributed by atoms with Gasteiger partial charge in [-0.25, -0.2) is 4.98 Å². The minimum absolute atomic E-state index is 0.0386. The van der Waals surface area contributed by atoms with Gasteiger partial charge in [0.25, 0.3) is 0 Å². The lowest BCUT2D eigenvalue weighted by molar-refractivity contribution is -0.152. The van der Waals surface area contributed by atoms with Crippen LogP contribution >= 0.6 is 0 Å². The van der Waals surface area contributed by atoms with Crippen molar-refractivity contribution < 1.29 is 14.3 Å². The number of carbonyl (C=O) groups is 1. The van der Waals surface area contributed by atoms with Crippen LogP contribution in [0.5, 0.6) is 5.88 Å². The van der Waals surface area contributed by atoms with Gasteiger partial charge in [-0.05, 0) is 25.5 Å². The van der Waals surface area contributed by atoms with Crippen LogP contribution in [-0.2, 0) is 9.53 Å². The maximum atomic E-state index is 11.6. The molecule has 3 N–H and O–H groups in total. The molecule has 0 fully saturated rings. The van der Waals surface area contributed by atoms with E-state index < -0.39 is 5.41 Å². The highest BCUT2D eigenvalue weighted by atomic mass is 16.5. The second-order valence-electron chi connectivity index (χ2n) is 6.04. The van der Waals surface area contributed by atoms with Crippen LogP contribution in [0.15, 0.2) is 42.6 Å². The van der Waals surface area contributed by atoms with Gasteiger partial charge in [0.1, 0.15) is 12.4 Å². The molecule has 126 valence electrons. The Morgan fingerprint density at radius 2 is 1.79 bits per heavy atom. The van der Waals surface area contributed by atoms with Crippen LogP contribution in [0, 0.1) is 10.8 Å². The molecule has 0 amide bonds. The van der Waals surface area contributed by atoms with Crippen molar-refractivity contribution in [2.45, 2.75) is 13.8 Å². The van der Waals surface area contributed by atoms with Crippen LogP contribution < -0.4 is 10.5 Å². The SMILES string of the molecule is COC(=O)C(C)(C)COc1ccc(-c2ccc(C(=N)N)cc2)cn1. The van der Waals surface area contributed by atoms with Crippen LogP contribution in [0.25, 0.3) is 11.1 Å². The number of benzene rings is 1. The molecular formula is C18H21N3O3. The highest BCUT2D eigenvalue weighted by Crippen LogP contribution is 2.23. The lowest BCUT2D eigenvalue weighted by Crippen LogP contribution is -2.32. The zero-order chi connectivity index (χ0) is 17.7. The van der Waals surface area contributed by atoms with Gasteiger partial charge in [0.15, 0.2) is 0 Å². The summed E-state index contributed by atoms with van der Waals surface area (Å²) in [5.74, 6) is 0.150. The minimum Gasteiger partial charge on any atom is -0.476 e. The Bertz CT molecular complexity index is 722. The molecule has 6 nitrogen and oxygen atoms in total. The maximum Gasteiger partial charge on any atom is 0.314 e. The van der Waals surface area contributed by atoms with Crippen LogP contribution in [0.1, 0.15) is 19.4 Å². The second kappa shape index (κ2) is 7.12. The lowest BCUT2D eigenvalue weighted by Gasteiger charge is -2.21. The number of methoxy groups -OCH3 is 1. The van der Waals surface area contributed by atoms with E-state index in [1.54, 1.807) is 38.2 Å². The van der Waals surface area contributed by atoms with Crippen molar-refractivity contribution >= 4 is 11.8 Å². The number of ether oxygens (including phenoxy) is 2. The maximum absolute atomic E-state index is 11.6. The molecule has 2 aromatic rings. The molecule has 1 aromatic heterocycles. The Morgan fingerprint density at radius 3 is 2.29 bits per heavy atom. The summed E-state index contributed by atoms with van der Waals surface area (Å²) in [6.07, 6.45) is 1.70. The van der Waals surface area contributed by atoms with E-state index in [0.717, 1.165) is 11.1 Å². The molecule has 2 rings (SSSR count). The van der Waals surface area contributed by atoms with E-state index >= 15 is 0 Å². The molecule has 24 heavy (non-hydrogen) atoms. The van der Waals surface area contributed by atoms with Crippen molar-refractivity contribution in [3.8, 4) is 17.0 Å². The standard InChI is InChI=1S/C18H21N3O3/c1-18(2,17(22)23-3)11-24-15-9-8-14(10-21-15)12-4-6-13(7-5-12)16(19)20/h4-10H,11H2,1-3H3,(H3,19,20). The normalized spacial score (nSPS) is 11.0. The van der Waals surface area contributed by atoms with E-state index in [1.165, 1.54) is 7.11 Å².